The van der Waals surface area contributed by atoms with Crippen LogP contribution in [0.25, 0.3) is 22.2 Å². The zero-order chi connectivity index (χ0) is 14.1. The molecule has 0 saturated heterocycles. The Morgan fingerprint density at radius 1 is 1.20 bits per heavy atom. The van der Waals surface area contributed by atoms with Gasteiger partial charge in [-0.1, -0.05) is 12.1 Å². The molecular weight excluding hydrogens is 250 g/mol. The molecule has 0 spiro atoms. The van der Waals surface area contributed by atoms with Gasteiger partial charge >= 0.3 is 0 Å². The van der Waals surface area contributed by atoms with Gasteiger partial charge in [-0.15, -0.1) is 0 Å². The van der Waals surface area contributed by atoms with Crippen molar-refractivity contribution >= 4 is 16.9 Å². The lowest BCUT2D eigenvalue weighted by Crippen LogP contribution is -2.21. The average molecular weight is 265 g/mol. The van der Waals surface area contributed by atoms with Crippen LogP contribution in [-0.4, -0.2) is 34.9 Å². The van der Waals surface area contributed by atoms with Crippen molar-refractivity contribution in [1.29, 1.82) is 0 Å². The minimum Gasteiger partial charge on any atom is -0.346 e. The van der Waals surface area contributed by atoms with Crippen LogP contribution in [0.2, 0.25) is 0 Å². The molecule has 1 aromatic carbocycles. The fourth-order valence-electron chi connectivity index (χ4n) is 2.27. The third-order valence-corrected chi connectivity index (χ3v) is 3.28. The quantitative estimate of drug-likeness (QED) is 0.774. The first-order valence-corrected chi connectivity index (χ1v) is 6.41. The predicted molar refractivity (Wildman–Crippen MR) is 79.5 cm³/mol. The normalized spacial score (nSPS) is 10.7. The van der Waals surface area contributed by atoms with Crippen molar-refractivity contribution in [2.45, 2.75) is 0 Å². The number of hydrogen-bond donors (Lipinski definition) is 1. The Morgan fingerprint density at radius 2 is 2.05 bits per heavy atom. The second kappa shape index (κ2) is 4.81. The summed E-state index contributed by atoms with van der Waals surface area (Å²) < 4.78 is 0. The SMILES string of the molecule is CN(C)C(=O)c1cccc(-c2c[nH]c3ncccc23)c1. The topological polar surface area (TPSA) is 49.0 Å². The predicted octanol–water partition coefficient (Wildman–Crippen LogP) is 2.93. The summed E-state index contributed by atoms with van der Waals surface area (Å²) in [5.41, 5.74) is 3.61. The van der Waals surface area contributed by atoms with E-state index in [-0.39, 0.29) is 5.91 Å². The number of benzene rings is 1. The second-order valence-corrected chi connectivity index (χ2v) is 4.88. The Balaban J connectivity index is 2.11. The van der Waals surface area contributed by atoms with E-state index in [1.165, 1.54) is 0 Å². The lowest BCUT2D eigenvalue weighted by molar-refractivity contribution is 0.0827. The molecule has 0 aliphatic rings. The Kier molecular flexibility index (Phi) is 2.99. The number of rotatable bonds is 2. The van der Waals surface area contributed by atoms with Gasteiger partial charge in [0.25, 0.3) is 5.91 Å². The maximum atomic E-state index is 12.0. The second-order valence-electron chi connectivity index (χ2n) is 4.88. The zero-order valence-corrected chi connectivity index (χ0v) is 11.4. The Labute approximate surface area is 117 Å². The molecule has 4 nitrogen and oxygen atoms in total. The summed E-state index contributed by atoms with van der Waals surface area (Å²) >= 11 is 0. The third kappa shape index (κ3) is 2.05. The Hall–Kier alpha value is -2.62. The zero-order valence-electron chi connectivity index (χ0n) is 11.4. The van der Waals surface area contributed by atoms with Crippen molar-refractivity contribution < 1.29 is 4.79 Å². The summed E-state index contributed by atoms with van der Waals surface area (Å²) in [6.07, 6.45) is 3.69. The molecule has 2 heterocycles. The minimum atomic E-state index is 0.00446. The van der Waals surface area contributed by atoms with Crippen LogP contribution in [0.4, 0.5) is 0 Å². The summed E-state index contributed by atoms with van der Waals surface area (Å²) in [6.45, 7) is 0. The highest BCUT2D eigenvalue weighted by Gasteiger charge is 2.11. The molecule has 0 radical (unpaired) electrons. The highest BCUT2D eigenvalue weighted by atomic mass is 16.2. The Morgan fingerprint density at radius 3 is 2.85 bits per heavy atom. The number of H-pyrrole nitrogens is 1. The first-order chi connectivity index (χ1) is 9.66. The van der Waals surface area contributed by atoms with E-state index >= 15 is 0 Å². The van der Waals surface area contributed by atoms with Crippen LogP contribution in [0.15, 0.2) is 48.8 Å². The number of aromatic nitrogens is 2. The molecule has 1 amide bonds. The number of nitrogens with zero attached hydrogens (tertiary/aromatic N) is 2. The van der Waals surface area contributed by atoms with Crippen molar-refractivity contribution in [2.75, 3.05) is 14.1 Å². The van der Waals surface area contributed by atoms with Gasteiger partial charge in [-0.2, -0.15) is 0 Å². The number of amides is 1. The molecule has 3 rings (SSSR count). The lowest BCUT2D eigenvalue weighted by atomic mass is 10.0. The van der Waals surface area contributed by atoms with Crippen molar-refractivity contribution in [1.82, 2.24) is 14.9 Å². The van der Waals surface area contributed by atoms with Crippen LogP contribution in [0.5, 0.6) is 0 Å². The van der Waals surface area contributed by atoms with E-state index in [9.17, 15) is 4.79 Å². The van der Waals surface area contributed by atoms with Crippen molar-refractivity contribution in [2.24, 2.45) is 0 Å². The summed E-state index contributed by atoms with van der Waals surface area (Å²) in [5, 5.41) is 1.06. The van der Waals surface area contributed by atoms with Gasteiger partial charge in [0.15, 0.2) is 0 Å². The van der Waals surface area contributed by atoms with Gasteiger partial charge in [0.05, 0.1) is 0 Å². The van der Waals surface area contributed by atoms with E-state index < -0.39 is 0 Å². The number of hydrogen-bond acceptors (Lipinski definition) is 2. The van der Waals surface area contributed by atoms with Crippen LogP contribution in [-0.2, 0) is 0 Å². The first-order valence-electron chi connectivity index (χ1n) is 6.41. The van der Waals surface area contributed by atoms with Gasteiger partial charge in [-0.25, -0.2) is 4.98 Å². The molecule has 0 atom stereocenters. The molecule has 20 heavy (non-hydrogen) atoms. The molecule has 3 aromatic rings. The van der Waals surface area contributed by atoms with Gasteiger partial charge in [-0.05, 0) is 29.8 Å². The van der Waals surface area contributed by atoms with E-state index in [2.05, 4.69) is 9.97 Å². The van der Waals surface area contributed by atoms with Gasteiger partial charge in [0.2, 0.25) is 0 Å². The maximum Gasteiger partial charge on any atom is 0.253 e. The first kappa shape index (κ1) is 12.4. The largest absolute Gasteiger partial charge is 0.346 e. The van der Waals surface area contributed by atoms with Crippen LogP contribution in [0, 0.1) is 0 Å². The molecule has 0 bridgehead atoms. The number of pyridine rings is 1. The van der Waals surface area contributed by atoms with Crippen LogP contribution >= 0.6 is 0 Å². The van der Waals surface area contributed by atoms with Crippen molar-refractivity contribution in [3.63, 3.8) is 0 Å². The van der Waals surface area contributed by atoms with Gasteiger partial charge in [0, 0.05) is 43.0 Å². The third-order valence-electron chi connectivity index (χ3n) is 3.28. The van der Waals surface area contributed by atoms with Gasteiger partial charge < -0.3 is 9.88 Å². The Bertz CT molecular complexity index is 774. The van der Waals surface area contributed by atoms with E-state index in [1.54, 1.807) is 25.2 Å². The average Bonchev–Trinajstić information content (AvgIpc) is 2.90. The lowest BCUT2D eigenvalue weighted by Gasteiger charge is -2.11. The van der Waals surface area contributed by atoms with E-state index in [4.69, 9.17) is 0 Å². The fourth-order valence-corrected chi connectivity index (χ4v) is 2.27. The van der Waals surface area contributed by atoms with Crippen LogP contribution in [0.3, 0.4) is 0 Å². The molecule has 0 unspecified atom stereocenters. The summed E-state index contributed by atoms with van der Waals surface area (Å²) in [7, 11) is 3.51. The van der Waals surface area contributed by atoms with Crippen LogP contribution < -0.4 is 0 Å². The van der Waals surface area contributed by atoms with E-state index in [1.807, 2.05) is 42.6 Å². The molecule has 1 N–H and O–H groups in total. The molecule has 4 heteroatoms. The maximum absolute atomic E-state index is 12.0. The van der Waals surface area contributed by atoms with Crippen LogP contribution in [0.1, 0.15) is 10.4 Å². The number of carbonyl (C=O) groups is 1. The molecule has 0 saturated carbocycles. The molecule has 0 fully saturated rings. The van der Waals surface area contributed by atoms with Gasteiger partial charge in [-0.3, -0.25) is 4.79 Å². The number of aromatic amines is 1. The summed E-state index contributed by atoms with van der Waals surface area (Å²) in [6, 6.07) is 11.6. The van der Waals surface area contributed by atoms with Crippen molar-refractivity contribution in [3.8, 4) is 11.1 Å². The monoisotopic (exact) mass is 265 g/mol. The smallest absolute Gasteiger partial charge is 0.253 e. The van der Waals surface area contributed by atoms with E-state index in [0.29, 0.717) is 5.56 Å². The standard InChI is InChI=1S/C16H15N3O/c1-19(2)16(20)12-6-3-5-11(9-12)14-10-18-15-13(14)7-4-8-17-15/h3-10H,1-2H3,(H,17,18). The summed E-state index contributed by atoms with van der Waals surface area (Å²) in [4.78, 5) is 21.0. The molecule has 100 valence electrons. The molecule has 2 aromatic heterocycles. The molecular formula is C16H15N3O. The fraction of sp³-hybridized carbons (Fsp3) is 0.125. The number of carbonyl (C=O) groups excluding carboxylic acids is 1. The number of fused-ring (bicyclic) bond motifs is 1. The van der Waals surface area contributed by atoms with Crippen molar-refractivity contribution in [3.05, 3.63) is 54.4 Å². The highest BCUT2D eigenvalue weighted by Crippen LogP contribution is 2.28. The molecule has 0 aliphatic carbocycles. The van der Waals surface area contributed by atoms with E-state index in [0.717, 1.165) is 22.2 Å². The molecule has 0 aliphatic heterocycles. The summed E-state index contributed by atoms with van der Waals surface area (Å²) in [5.74, 6) is 0.00446. The minimum absolute atomic E-state index is 0.00446. The number of nitrogens with one attached hydrogen (secondary N) is 1. The highest BCUT2D eigenvalue weighted by molar-refractivity contribution is 5.98. The van der Waals surface area contributed by atoms with Gasteiger partial charge in [0.1, 0.15) is 5.65 Å².